The summed E-state index contributed by atoms with van der Waals surface area (Å²) >= 11 is 0. The smallest absolute Gasteiger partial charge is 0.340 e. The minimum atomic E-state index is -1.50. The average molecular weight is 506 g/mol. The van der Waals surface area contributed by atoms with E-state index in [1.54, 1.807) is 36.4 Å². The van der Waals surface area contributed by atoms with Crippen LogP contribution in [0.3, 0.4) is 0 Å². The molecule has 1 unspecified atom stereocenters. The van der Waals surface area contributed by atoms with Crippen molar-refractivity contribution >= 4 is 17.9 Å². The lowest BCUT2D eigenvalue weighted by molar-refractivity contribution is -0.137. The molecule has 1 atom stereocenters. The number of benzene rings is 3. The third kappa shape index (κ3) is 3.99. The molecule has 0 saturated heterocycles. The van der Waals surface area contributed by atoms with E-state index in [1.807, 2.05) is 0 Å². The van der Waals surface area contributed by atoms with E-state index >= 15 is 0 Å². The van der Waals surface area contributed by atoms with Gasteiger partial charge in [0.2, 0.25) is 0 Å². The Balaban J connectivity index is 1.76. The number of carboxylic acid groups (broad SMARTS) is 2. The molecule has 11 heteroatoms. The van der Waals surface area contributed by atoms with E-state index in [9.17, 15) is 24.6 Å². The summed E-state index contributed by atoms with van der Waals surface area (Å²) in [7, 11) is 0. The molecule has 0 aliphatic carbocycles. The second-order valence-corrected chi connectivity index (χ2v) is 8.63. The highest BCUT2D eigenvalue weighted by molar-refractivity contribution is 5.97. The number of carbonyl (C=O) groups excluding carboxylic acids is 1. The van der Waals surface area contributed by atoms with Crippen LogP contribution in [0.5, 0.6) is 23.0 Å². The van der Waals surface area contributed by atoms with Gasteiger partial charge in [-0.15, -0.1) is 0 Å². The number of aliphatic carboxylic acids is 2. The van der Waals surface area contributed by atoms with Gasteiger partial charge in [0.05, 0.1) is 24.2 Å². The first-order valence-corrected chi connectivity index (χ1v) is 11.3. The van der Waals surface area contributed by atoms with Gasteiger partial charge in [0.15, 0.2) is 5.60 Å². The molecule has 2 aliphatic heterocycles. The number of phenols is 2. The quantitative estimate of drug-likeness (QED) is 0.247. The monoisotopic (exact) mass is 506 g/mol. The topological polar surface area (TPSA) is 175 Å². The van der Waals surface area contributed by atoms with Crippen LogP contribution in [0.2, 0.25) is 0 Å². The minimum Gasteiger partial charge on any atom is -0.508 e. The summed E-state index contributed by atoms with van der Waals surface area (Å²) in [6, 6.07) is 12.8. The van der Waals surface area contributed by atoms with Crippen molar-refractivity contribution in [3.8, 4) is 23.0 Å². The number of ether oxygens (including phenoxy) is 2. The third-order valence-corrected chi connectivity index (χ3v) is 6.30. The van der Waals surface area contributed by atoms with Crippen molar-refractivity contribution in [3.05, 3.63) is 81.9 Å². The Hall–Kier alpha value is -4.61. The minimum absolute atomic E-state index is 0.0501. The van der Waals surface area contributed by atoms with Crippen LogP contribution in [0.25, 0.3) is 0 Å². The molecule has 3 aromatic rings. The number of aromatic hydroxyl groups is 2. The zero-order valence-electron chi connectivity index (χ0n) is 19.3. The molecule has 1 spiro atoms. The Bertz CT molecular complexity index is 1450. The number of hydrogen-bond donors (Lipinski definition) is 6. The molecule has 0 saturated carbocycles. The number of fused-ring (bicyclic) bond motifs is 6. The van der Waals surface area contributed by atoms with Gasteiger partial charge in [-0.05, 0) is 24.3 Å². The summed E-state index contributed by atoms with van der Waals surface area (Å²) < 4.78 is 12.2. The predicted octanol–water partition coefficient (Wildman–Crippen LogP) is 2.01. The number of carbonyl (C=O) groups is 3. The molecule has 37 heavy (non-hydrogen) atoms. The second-order valence-electron chi connectivity index (χ2n) is 8.63. The fourth-order valence-electron chi connectivity index (χ4n) is 4.81. The molecular weight excluding hydrogens is 484 g/mol. The molecule has 2 heterocycles. The number of hydrogen-bond acceptors (Lipinski definition) is 9. The standard InChI is InChI=1S/C26H22N2O9/c29-14-5-6-18-20(8-14)36-24-16(10-28-12-22(32)33)23(34)13(9-27-11-21(30)31)7-19(24)26(18)17-4-2-1-3-15(17)25(35)37-26/h1-8,27-29,34H,9-12H2,(H,30,31)(H,32,33). The lowest BCUT2D eigenvalue weighted by atomic mass is 9.76. The van der Waals surface area contributed by atoms with Crippen LogP contribution in [0.1, 0.15) is 38.2 Å². The fourth-order valence-corrected chi connectivity index (χ4v) is 4.81. The summed E-state index contributed by atoms with van der Waals surface area (Å²) in [5, 5.41) is 44.9. The van der Waals surface area contributed by atoms with E-state index in [2.05, 4.69) is 10.6 Å². The Labute approximate surface area is 209 Å². The van der Waals surface area contributed by atoms with Crippen LogP contribution in [-0.2, 0) is 33.0 Å². The van der Waals surface area contributed by atoms with Crippen molar-refractivity contribution in [2.75, 3.05) is 13.1 Å². The van der Waals surface area contributed by atoms with Crippen molar-refractivity contribution in [3.63, 3.8) is 0 Å². The molecule has 0 fully saturated rings. The summed E-state index contributed by atoms with van der Waals surface area (Å²) in [4.78, 5) is 35.2. The van der Waals surface area contributed by atoms with Gasteiger partial charge in [0.1, 0.15) is 23.0 Å². The van der Waals surface area contributed by atoms with Gasteiger partial charge in [-0.2, -0.15) is 0 Å². The molecule has 190 valence electrons. The van der Waals surface area contributed by atoms with Crippen LogP contribution in [0.15, 0.2) is 48.5 Å². The molecular formula is C26H22N2O9. The summed E-state index contributed by atoms with van der Waals surface area (Å²) in [5.41, 5.74) is 0.630. The first kappa shape index (κ1) is 24.1. The number of esters is 1. The van der Waals surface area contributed by atoms with Gasteiger partial charge < -0.3 is 40.5 Å². The Morgan fingerprint density at radius 2 is 1.57 bits per heavy atom. The van der Waals surface area contributed by atoms with Crippen molar-refractivity contribution in [2.45, 2.75) is 18.7 Å². The zero-order valence-corrected chi connectivity index (χ0v) is 19.3. The van der Waals surface area contributed by atoms with E-state index in [0.29, 0.717) is 22.3 Å². The van der Waals surface area contributed by atoms with Crippen molar-refractivity contribution in [1.29, 1.82) is 0 Å². The molecule has 0 aromatic heterocycles. The average Bonchev–Trinajstić information content (AvgIpc) is 3.14. The molecule has 0 bridgehead atoms. The number of carboxylic acids is 2. The van der Waals surface area contributed by atoms with Crippen LogP contribution in [-0.4, -0.2) is 51.4 Å². The van der Waals surface area contributed by atoms with E-state index in [-0.39, 0.29) is 53.8 Å². The lowest BCUT2D eigenvalue weighted by Gasteiger charge is -2.38. The van der Waals surface area contributed by atoms with E-state index in [1.165, 1.54) is 12.1 Å². The van der Waals surface area contributed by atoms with Gasteiger partial charge in [0, 0.05) is 41.4 Å². The Morgan fingerprint density at radius 1 is 0.865 bits per heavy atom. The van der Waals surface area contributed by atoms with Crippen molar-refractivity contribution in [2.24, 2.45) is 0 Å². The molecule has 5 rings (SSSR count). The van der Waals surface area contributed by atoms with Gasteiger partial charge in [-0.25, -0.2) is 4.79 Å². The van der Waals surface area contributed by atoms with E-state index in [0.717, 1.165) is 0 Å². The molecule has 2 aliphatic rings. The van der Waals surface area contributed by atoms with Crippen LogP contribution in [0, 0.1) is 0 Å². The second kappa shape index (κ2) is 9.12. The highest BCUT2D eigenvalue weighted by Gasteiger charge is 2.54. The lowest BCUT2D eigenvalue weighted by Crippen LogP contribution is -2.34. The Morgan fingerprint density at radius 3 is 2.30 bits per heavy atom. The predicted molar refractivity (Wildman–Crippen MR) is 127 cm³/mol. The summed E-state index contributed by atoms with van der Waals surface area (Å²) in [6.07, 6.45) is 0. The number of phenolic OH excluding ortho intramolecular Hbond substituents is 2. The maximum Gasteiger partial charge on any atom is 0.340 e. The SMILES string of the molecule is O=C(O)CNCc1cc2c(c(CNCC(=O)O)c1O)Oc1cc(O)ccc1C21OC(=O)c2ccccc21. The maximum absolute atomic E-state index is 13.0. The fraction of sp³-hybridized carbons (Fsp3) is 0.192. The Kier molecular flexibility index (Phi) is 5.94. The van der Waals surface area contributed by atoms with Gasteiger partial charge in [-0.1, -0.05) is 18.2 Å². The zero-order chi connectivity index (χ0) is 26.3. The molecule has 3 aromatic carbocycles. The third-order valence-electron chi connectivity index (χ3n) is 6.30. The van der Waals surface area contributed by atoms with Crippen LogP contribution >= 0.6 is 0 Å². The van der Waals surface area contributed by atoms with Gasteiger partial charge in [0.25, 0.3) is 0 Å². The van der Waals surface area contributed by atoms with Crippen LogP contribution < -0.4 is 15.4 Å². The number of rotatable bonds is 8. The van der Waals surface area contributed by atoms with Crippen molar-refractivity contribution < 1.29 is 44.3 Å². The molecule has 0 radical (unpaired) electrons. The van der Waals surface area contributed by atoms with Crippen LogP contribution in [0.4, 0.5) is 0 Å². The van der Waals surface area contributed by atoms with E-state index in [4.69, 9.17) is 19.7 Å². The largest absolute Gasteiger partial charge is 0.508 e. The molecule has 6 N–H and O–H groups in total. The maximum atomic E-state index is 13.0. The van der Waals surface area contributed by atoms with Gasteiger partial charge >= 0.3 is 17.9 Å². The molecule has 11 nitrogen and oxygen atoms in total. The van der Waals surface area contributed by atoms with Crippen molar-refractivity contribution in [1.82, 2.24) is 10.6 Å². The first-order chi connectivity index (χ1) is 17.7. The van der Waals surface area contributed by atoms with Gasteiger partial charge in [-0.3, -0.25) is 9.59 Å². The normalized spacial score (nSPS) is 16.9. The van der Waals surface area contributed by atoms with E-state index < -0.39 is 30.1 Å². The number of nitrogens with one attached hydrogen (secondary N) is 2. The molecule has 0 amide bonds. The highest BCUT2D eigenvalue weighted by Crippen LogP contribution is 2.58. The summed E-state index contributed by atoms with van der Waals surface area (Å²) in [6.45, 7) is -0.959. The first-order valence-electron chi connectivity index (χ1n) is 11.3. The highest BCUT2D eigenvalue weighted by atomic mass is 16.6. The summed E-state index contributed by atoms with van der Waals surface area (Å²) in [5.74, 6) is -2.81.